The Morgan fingerprint density at radius 3 is 2.27 bits per heavy atom. The van der Waals surface area contributed by atoms with Gasteiger partial charge < -0.3 is 14.8 Å². The van der Waals surface area contributed by atoms with E-state index in [1.54, 1.807) is 54.6 Å². The van der Waals surface area contributed by atoms with Crippen molar-refractivity contribution in [2.75, 3.05) is 12.4 Å². The molecule has 0 atom stereocenters. The van der Waals surface area contributed by atoms with Gasteiger partial charge in [0.15, 0.2) is 5.78 Å². The highest BCUT2D eigenvalue weighted by atomic mass is 16.5. The molecule has 1 amide bonds. The number of hydrogen-bond donors (Lipinski definition) is 3. The van der Waals surface area contributed by atoms with E-state index < -0.39 is 17.7 Å². The van der Waals surface area contributed by atoms with E-state index in [1.165, 1.54) is 7.11 Å². The van der Waals surface area contributed by atoms with Crippen LogP contribution in [0.2, 0.25) is 0 Å². The second-order valence-corrected chi connectivity index (χ2v) is 9.15. The predicted molar refractivity (Wildman–Crippen MR) is 151 cm³/mol. The number of methoxy groups -OCH3 is 1. The first-order chi connectivity index (χ1) is 19.2. The zero-order valence-corrected chi connectivity index (χ0v) is 22.1. The van der Waals surface area contributed by atoms with E-state index in [0.717, 1.165) is 5.57 Å². The predicted octanol–water partition coefficient (Wildman–Crippen LogP) is 6.05. The lowest BCUT2D eigenvalue weighted by Gasteiger charge is -2.16. The number of nitrogens with zero attached hydrogens (tertiary/aromatic N) is 1. The summed E-state index contributed by atoms with van der Waals surface area (Å²) in [6, 6.07) is 20.8. The number of rotatable bonds is 5. The molecule has 0 bridgehead atoms. The first-order valence-electron chi connectivity index (χ1n) is 12.4. The molecule has 0 spiro atoms. The van der Waals surface area contributed by atoms with E-state index in [-0.39, 0.29) is 35.0 Å². The summed E-state index contributed by atoms with van der Waals surface area (Å²) in [4.78, 5) is 54.5. The van der Waals surface area contributed by atoms with E-state index in [2.05, 4.69) is 20.0 Å². The zero-order chi connectivity index (χ0) is 28.8. The third-order valence-corrected chi connectivity index (χ3v) is 6.09. The molecule has 1 aromatic heterocycles. The van der Waals surface area contributed by atoms with Crippen molar-refractivity contribution in [2.45, 2.75) is 20.3 Å². The highest BCUT2D eigenvalue weighted by molar-refractivity contribution is 6.52. The number of ether oxygens (including phenoxy) is 1. The maximum Gasteiger partial charge on any atom is 0.413 e. The molecule has 0 aliphatic heterocycles. The number of carbonyl (C=O) groups excluding carboxylic acids is 4. The van der Waals surface area contributed by atoms with Gasteiger partial charge in [-0.15, -0.1) is 0 Å². The second kappa shape index (κ2) is 12.0. The fourth-order valence-corrected chi connectivity index (χ4v) is 4.03. The Morgan fingerprint density at radius 2 is 1.60 bits per heavy atom. The van der Waals surface area contributed by atoms with Crippen molar-refractivity contribution >= 4 is 46.2 Å². The maximum atomic E-state index is 12.4. The van der Waals surface area contributed by atoms with Gasteiger partial charge in [-0.1, -0.05) is 66.2 Å². The zero-order valence-electron chi connectivity index (χ0n) is 22.1. The number of aliphatic hydroxyl groups is 1. The van der Waals surface area contributed by atoms with E-state index >= 15 is 0 Å². The summed E-state index contributed by atoms with van der Waals surface area (Å²) in [5.74, 6) is -1.03. The summed E-state index contributed by atoms with van der Waals surface area (Å²) < 4.78 is 4.51. The lowest BCUT2D eigenvalue weighted by molar-refractivity contribution is -0.112. The first-order valence-corrected chi connectivity index (χ1v) is 12.4. The average Bonchev–Trinajstić information content (AvgIpc) is 3.37. The van der Waals surface area contributed by atoms with Crippen LogP contribution >= 0.6 is 0 Å². The molecule has 4 aromatic rings. The number of allylic oxidation sites excluding steroid dienone is 3. The van der Waals surface area contributed by atoms with E-state index in [0.29, 0.717) is 27.7 Å². The molecule has 40 heavy (non-hydrogen) atoms. The molecule has 1 aliphatic rings. The van der Waals surface area contributed by atoms with Gasteiger partial charge in [0.25, 0.3) is 0 Å². The van der Waals surface area contributed by atoms with Crippen LogP contribution in [0.3, 0.4) is 0 Å². The Hall–Kier alpha value is -5.31. The van der Waals surface area contributed by atoms with E-state index in [4.69, 9.17) is 0 Å². The molecule has 202 valence electrons. The lowest BCUT2D eigenvalue weighted by Crippen LogP contribution is -2.23. The number of hydrogen-bond acceptors (Lipinski definition) is 7. The summed E-state index contributed by atoms with van der Waals surface area (Å²) in [5, 5.41) is 12.5. The van der Waals surface area contributed by atoms with E-state index in [9.17, 15) is 24.3 Å². The van der Waals surface area contributed by atoms with E-state index in [1.807, 2.05) is 38.1 Å². The van der Waals surface area contributed by atoms with Crippen molar-refractivity contribution in [3.63, 3.8) is 0 Å². The minimum absolute atomic E-state index is 0.0698. The molecule has 0 unspecified atom stereocenters. The molecule has 3 aromatic carbocycles. The largest absolute Gasteiger partial charge is 0.507 e. The normalized spacial score (nSPS) is 12.3. The highest BCUT2D eigenvalue weighted by Crippen LogP contribution is 2.29. The van der Waals surface area contributed by atoms with Crippen molar-refractivity contribution in [1.29, 1.82) is 0 Å². The van der Waals surface area contributed by atoms with Gasteiger partial charge >= 0.3 is 6.09 Å². The van der Waals surface area contributed by atoms with Gasteiger partial charge in [0.2, 0.25) is 17.5 Å². The summed E-state index contributed by atoms with van der Waals surface area (Å²) in [7, 11) is 1.27. The van der Waals surface area contributed by atoms with Crippen molar-refractivity contribution < 1.29 is 29.0 Å². The minimum Gasteiger partial charge on any atom is -0.507 e. The van der Waals surface area contributed by atoms with Gasteiger partial charge in [0.05, 0.1) is 18.1 Å². The lowest BCUT2D eigenvalue weighted by atomic mass is 9.87. The molecule has 9 heteroatoms. The van der Waals surface area contributed by atoms with Gasteiger partial charge in [0.1, 0.15) is 5.76 Å². The number of aliphatic hydroxyl groups excluding tert-OH is 1. The monoisotopic (exact) mass is 537 g/mol. The Balaban J connectivity index is 0.000000189. The van der Waals surface area contributed by atoms with Crippen LogP contribution in [-0.2, 0) is 9.53 Å². The third kappa shape index (κ3) is 6.05. The topological polar surface area (TPSA) is 138 Å². The maximum absolute atomic E-state index is 12.4. The summed E-state index contributed by atoms with van der Waals surface area (Å²) >= 11 is 0. The standard InChI is InChI=1S/C16H13N3O3.C15H14O3/c1-22-16(21)19-15-17-12-8-7-11(9-13(12)18-15)14(20)10-5-3-2-4-6-10;1-9(2)7-8-12-13(16)10-5-3-4-6-11(10)14(17)15(12)18/h2-9H,1H3,(H2,17,18,19,21);3-7,16H,8H2,1-2H3. The molecular formula is C31H27N3O6. The van der Waals surface area contributed by atoms with Crippen LogP contribution < -0.4 is 5.32 Å². The summed E-state index contributed by atoms with van der Waals surface area (Å²) in [6.45, 7) is 3.81. The molecule has 0 saturated heterocycles. The number of aromatic nitrogens is 2. The fraction of sp³-hybridized carbons (Fsp3) is 0.129. The number of anilines is 1. The molecule has 0 fully saturated rings. The van der Waals surface area contributed by atoms with Crippen LogP contribution in [0, 0.1) is 0 Å². The summed E-state index contributed by atoms with van der Waals surface area (Å²) in [6.07, 6.45) is 1.50. The van der Waals surface area contributed by atoms with Crippen LogP contribution in [0.15, 0.2) is 90.0 Å². The van der Waals surface area contributed by atoms with Crippen molar-refractivity contribution in [3.8, 4) is 0 Å². The van der Waals surface area contributed by atoms with Crippen LogP contribution in [-0.4, -0.2) is 45.6 Å². The number of benzene rings is 3. The minimum atomic E-state index is -0.611. The van der Waals surface area contributed by atoms with Gasteiger partial charge in [0, 0.05) is 27.8 Å². The molecule has 5 rings (SSSR count). The Labute approximate surface area is 230 Å². The molecule has 1 aliphatic carbocycles. The quantitative estimate of drug-likeness (QED) is 0.160. The Kier molecular flexibility index (Phi) is 8.34. The molecule has 9 nitrogen and oxygen atoms in total. The number of Topliss-reactive ketones (excluding diaryl/α,β-unsaturated/α-hetero) is 2. The molecule has 1 heterocycles. The third-order valence-electron chi connectivity index (χ3n) is 6.09. The Bertz CT molecular complexity index is 1680. The number of fused-ring (bicyclic) bond motifs is 2. The van der Waals surface area contributed by atoms with Gasteiger partial charge in [-0.05, 0) is 38.5 Å². The van der Waals surface area contributed by atoms with Gasteiger partial charge in [-0.2, -0.15) is 0 Å². The molecular weight excluding hydrogens is 510 g/mol. The van der Waals surface area contributed by atoms with Crippen molar-refractivity contribution in [3.05, 3.63) is 112 Å². The number of ketones is 3. The smallest absolute Gasteiger partial charge is 0.413 e. The molecule has 3 N–H and O–H groups in total. The van der Waals surface area contributed by atoms with Crippen LogP contribution in [0.1, 0.15) is 52.1 Å². The first kappa shape index (κ1) is 27.7. The SMILES string of the molecule is CC(C)=CCC1=C(O)c2ccccc2C(=O)C1=O.COC(=O)Nc1nc2ccc(C(=O)c3ccccc3)cc2[nH]1. The second-order valence-electron chi connectivity index (χ2n) is 9.15. The number of amides is 1. The summed E-state index contributed by atoms with van der Waals surface area (Å²) in [5.41, 5.74) is 4.42. The Morgan fingerprint density at radius 1 is 0.925 bits per heavy atom. The number of H-pyrrole nitrogens is 1. The number of aromatic amines is 1. The van der Waals surface area contributed by atoms with Crippen molar-refractivity contribution in [1.82, 2.24) is 9.97 Å². The molecule has 0 saturated carbocycles. The van der Waals surface area contributed by atoms with Crippen LogP contribution in [0.25, 0.3) is 16.8 Å². The number of nitrogens with one attached hydrogen (secondary N) is 2. The molecule has 0 radical (unpaired) electrons. The number of carbonyl (C=O) groups is 4. The highest BCUT2D eigenvalue weighted by Gasteiger charge is 2.31. The average molecular weight is 538 g/mol. The van der Waals surface area contributed by atoms with Crippen LogP contribution in [0.4, 0.5) is 10.7 Å². The van der Waals surface area contributed by atoms with Gasteiger partial charge in [-0.25, -0.2) is 9.78 Å². The van der Waals surface area contributed by atoms with Crippen LogP contribution in [0.5, 0.6) is 0 Å². The number of imidazole rings is 1. The van der Waals surface area contributed by atoms with Gasteiger partial charge in [-0.3, -0.25) is 19.7 Å². The fourth-order valence-electron chi connectivity index (χ4n) is 4.03. The van der Waals surface area contributed by atoms with Crippen molar-refractivity contribution in [2.24, 2.45) is 0 Å².